The molecule has 2 heteroatoms. The third kappa shape index (κ3) is 1.84. The quantitative estimate of drug-likeness (QED) is 0.668. The zero-order valence-corrected chi connectivity index (χ0v) is 13.5. The van der Waals surface area contributed by atoms with E-state index in [1.165, 1.54) is 44.1 Å². The van der Waals surface area contributed by atoms with Crippen LogP contribution in [0.25, 0.3) is 0 Å². The molecule has 118 valence electrons. The fourth-order valence-corrected chi connectivity index (χ4v) is 6.69. The smallest absolute Gasteiger partial charge is 0.0658 e. The molecule has 0 heterocycles. The highest BCUT2D eigenvalue weighted by Gasteiger charge is 2.58. The molecule has 4 rings (SSSR count). The van der Waals surface area contributed by atoms with Gasteiger partial charge in [0.15, 0.2) is 0 Å². The number of rotatable bonds is 0. The summed E-state index contributed by atoms with van der Waals surface area (Å²) in [6.07, 6.45) is 11.1. The van der Waals surface area contributed by atoms with Gasteiger partial charge in [-0.3, -0.25) is 0 Å². The molecule has 4 aliphatic carbocycles. The van der Waals surface area contributed by atoms with E-state index >= 15 is 0 Å². The number of allylic oxidation sites excluding steroid dienone is 1. The summed E-state index contributed by atoms with van der Waals surface area (Å²) in [4.78, 5) is 0. The fourth-order valence-electron chi connectivity index (χ4n) is 6.69. The summed E-state index contributed by atoms with van der Waals surface area (Å²) in [6.45, 7) is 4.81. The molecule has 0 spiro atoms. The van der Waals surface area contributed by atoms with Crippen molar-refractivity contribution in [2.24, 2.45) is 28.6 Å². The number of aliphatic hydroxyl groups is 2. The number of hydrogen-bond donors (Lipinski definition) is 2. The molecule has 21 heavy (non-hydrogen) atoms. The van der Waals surface area contributed by atoms with Crippen molar-refractivity contribution in [1.29, 1.82) is 0 Å². The van der Waals surface area contributed by atoms with Crippen molar-refractivity contribution in [1.82, 2.24) is 0 Å². The number of aliphatic hydroxyl groups excluding tert-OH is 2. The maximum absolute atomic E-state index is 10.8. The first kappa shape index (κ1) is 14.3. The zero-order chi connectivity index (χ0) is 14.8. The summed E-state index contributed by atoms with van der Waals surface area (Å²) in [5.41, 5.74) is 1.87. The Labute approximate surface area is 128 Å². The average Bonchev–Trinajstić information content (AvgIpc) is 2.82. The second kappa shape index (κ2) is 4.58. The molecule has 3 fully saturated rings. The normalized spacial score (nSPS) is 56.2. The van der Waals surface area contributed by atoms with E-state index in [1.807, 2.05) is 0 Å². The van der Waals surface area contributed by atoms with E-state index in [4.69, 9.17) is 0 Å². The van der Waals surface area contributed by atoms with Gasteiger partial charge >= 0.3 is 0 Å². The Morgan fingerprint density at radius 1 is 1.10 bits per heavy atom. The third-order valence-corrected chi connectivity index (χ3v) is 7.96. The average molecular weight is 290 g/mol. The maximum Gasteiger partial charge on any atom is 0.0658 e. The highest BCUT2D eigenvalue weighted by atomic mass is 16.3. The SMILES string of the molecule is C[C@@]12CCC[C@H]1[C@@H]1CC=C3CC(O)CC(O)[C@]3(C)[C@@H]1CC2. The van der Waals surface area contributed by atoms with E-state index < -0.39 is 0 Å². The molecule has 0 amide bonds. The first-order valence-electron chi connectivity index (χ1n) is 9.01. The Hall–Kier alpha value is -0.340. The molecule has 0 bridgehead atoms. The number of hydrogen-bond acceptors (Lipinski definition) is 2. The first-order valence-corrected chi connectivity index (χ1v) is 9.01. The summed E-state index contributed by atoms with van der Waals surface area (Å²) in [5.74, 6) is 2.27. The van der Waals surface area contributed by atoms with Crippen LogP contribution >= 0.6 is 0 Å². The molecule has 7 atom stereocenters. The van der Waals surface area contributed by atoms with Gasteiger partial charge in [-0.15, -0.1) is 0 Å². The molecule has 0 aromatic rings. The van der Waals surface area contributed by atoms with Gasteiger partial charge in [0, 0.05) is 11.8 Å². The predicted octanol–water partition coefficient (Wildman–Crippen LogP) is 3.67. The van der Waals surface area contributed by atoms with Gasteiger partial charge in [0.1, 0.15) is 0 Å². The van der Waals surface area contributed by atoms with Crippen molar-refractivity contribution in [3.05, 3.63) is 11.6 Å². The van der Waals surface area contributed by atoms with Crippen molar-refractivity contribution in [2.75, 3.05) is 0 Å². The summed E-state index contributed by atoms with van der Waals surface area (Å²) >= 11 is 0. The van der Waals surface area contributed by atoms with Crippen LogP contribution in [-0.2, 0) is 0 Å². The van der Waals surface area contributed by atoms with E-state index in [9.17, 15) is 10.2 Å². The lowest BCUT2D eigenvalue weighted by Gasteiger charge is -2.58. The highest BCUT2D eigenvalue weighted by Crippen LogP contribution is 2.64. The van der Waals surface area contributed by atoms with Gasteiger partial charge in [-0.1, -0.05) is 31.9 Å². The largest absolute Gasteiger partial charge is 0.393 e. The van der Waals surface area contributed by atoms with Gasteiger partial charge in [-0.25, -0.2) is 0 Å². The Kier molecular flexibility index (Phi) is 3.11. The second-order valence-corrected chi connectivity index (χ2v) is 8.82. The Morgan fingerprint density at radius 2 is 1.90 bits per heavy atom. The molecular formula is C19H30O2. The monoisotopic (exact) mass is 290 g/mol. The zero-order valence-electron chi connectivity index (χ0n) is 13.5. The van der Waals surface area contributed by atoms with Crippen molar-refractivity contribution in [3.8, 4) is 0 Å². The van der Waals surface area contributed by atoms with Crippen molar-refractivity contribution in [2.45, 2.75) is 77.4 Å². The molecule has 0 radical (unpaired) electrons. The minimum absolute atomic E-state index is 0.0634. The van der Waals surface area contributed by atoms with Crippen LogP contribution in [0.2, 0.25) is 0 Å². The topological polar surface area (TPSA) is 40.5 Å². The van der Waals surface area contributed by atoms with Crippen LogP contribution in [0.15, 0.2) is 11.6 Å². The first-order chi connectivity index (χ1) is 9.95. The van der Waals surface area contributed by atoms with E-state index in [0.29, 0.717) is 17.8 Å². The van der Waals surface area contributed by atoms with Crippen LogP contribution < -0.4 is 0 Å². The molecule has 2 N–H and O–H groups in total. The molecule has 0 saturated heterocycles. The minimum Gasteiger partial charge on any atom is -0.393 e. The van der Waals surface area contributed by atoms with Crippen LogP contribution in [0.1, 0.15) is 65.2 Å². The number of fused-ring (bicyclic) bond motifs is 5. The van der Waals surface area contributed by atoms with Crippen LogP contribution in [0.3, 0.4) is 0 Å². The molecule has 3 saturated carbocycles. The minimum atomic E-state index is -0.356. The van der Waals surface area contributed by atoms with Crippen molar-refractivity contribution < 1.29 is 10.2 Å². The Morgan fingerprint density at radius 3 is 2.71 bits per heavy atom. The summed E-state index contributed by atoms with van der Waals surface area (Å²) in [5, 5.41) is 20.8. The van der Waals surface area contributed by atoms with Gasteiger partial charge in [0.2, 0.25) is 0 Å². The van der Waals surface area contributed by atoms with Crippen molar-refractivity contribution in [3.63, 3.8) is 0 Å². The van der Waals surface area contributed by atoms with Crippen LogP contribution in [0, 0.1) is 28.6 Å². The molecule has 4 aliphatic rings. The lowest BCUT2D eigenvalue weighted by atomic mass is 9.47. The van der Waals surface area contributed by atoms with Crippen molar-refractivity contribution >= 4 is 0 Å². The van der Waals surface area contributed by atoms with E-state index in [2.05, 4.69) is 19.9 Å². The van der Waals surface area contributed by atoms with Gasteiger partial charge in [-0.05, 0) is 61.7 Å². The summed E-state index contributed by atoms with van der Waals surface area (Å²) in [7, 11) is 0. The van der Waals surface area contributed by atoms with Gasteiger partial charge in [-0.2, -0.15) is 0 Å². The van der Waals surface area contributed by atoms with Crippen LogP contribution in [0.5, 0.6) is 0 Å². The third-order valence-electron chi connectivity index (χ3n) is 7.96. The van der Waals surface area contributed by atoms with Gasteiger partial charge < -0.3 is 10.2 Å². The predicted molar refractivity (Wildman–Crippen MR) is 83.7 cm³/mol. The van der Waals surface area contributed by atoms with E-state index in [0.717, 1.165) is 18.3 Å². The summed E-state index contributed by atoms with van der Waals surface area (Å²) in [6, 6.07) is 0. The standard InChI is InChI=1S/C19H30O2/c1-18-8-3-4-15(18)14-6-5-12-10-13(20)11-17(21)19(12,2)16(14)7-9-18/h5,13-17,20-21H,3-4,6-11H2,1-2H3/t13?,14-,15-,16+,17?,18-,19-/m0/s1. The Bertz CT molecular complexity index is 470. The molecular weight excluding hydrogens is 260 g/mol. The van der Waals surface area contributed by atoms with E-state index in [1.54, 1.807) is 0 Å². The van der Waals surface area contributed by atoms with Gasteiger partial charge in [0.25, 0.3) is 0 Å². The lowest BCUT2D eigenvalue weighted by molar-refractivity contribution is -0.0992. The molecule has 2 unspecified atom stereocenters. The second-order valence-electron chi connectivity index (χ2n) is 8.82. The fraction of sp³-hybridized carbons (Fsp3) is 0.895. The highest BCUT2D eigenvalue weighted by molar-refractivity contribution is 5.27. The van der Waals surface area contributed by atoms with Crippen LogP contribution in [-0.4, -0.2) is 22.4 Å². The lowest BCUT2D eigenvalue weighted by Crippen LogP contribution is -2.54. The maximum atomic E-state index is 10.8. The summed E-state index contributed by atoms with van der Waals surface area (Å²) < 4.78 is 0. The molecule has 0 aliphatic heterocycles. The Balaban J connectivity index is 1.71. The van der Waals surface area contributed by atoms with Crippen LogP contribution in [0.4, 0.5) is 0 Å². The van der Waals surface area contributed by atoms with Gasteiger partial charge in [0.05, 0.1) is 12.2 Å². The van der Waals surface area contributed by atoms with E-state index in [-0.39, 0.29) is 17.6 Å². The molecule has 2 nitrogen and oxygen atoms in total. The molecule has 0 aromatic heterocycles. The molecule has 0 aromatic carbocycles.